The monoisotopic (exact) mass is 351 g/mol. The first-order chi connectivity index (χ1) is 11.5. The van der Waals surface area contributed by atoms with Crippen LogP contribution < -0.4 is 4.74 Å². The van der Waals surface area contributed by atoms with Crippen molar-refractivity contribution in [3.63, 3.8) is 0 Å². The highest BCUT2D eigenvalue weighted by Gasteiger charge is 2.32. The average molecular weight is 352 g/mol. The van der Waals surface area contributed by atoms with Gasteiger partial charge in [0.05, 0.1) is 0 Å². The van der Waals surface area contributed by atoms with E-state index in [-0.39, 0.29) is 24.3 Å². The molecule has 1 aliphatic rings. The van der Waals surface area contributed by atoms with Crippen molar-refractivity contribution in [2.24, 2.45) is 0 Å². The first-order valence-electron chi connectivity index (χ1n) is 7.64. The van der Waals surface area contributed by atoms with Crippen molar-refractivity contribution in [1.29, 1.82) is 0 Å². The molecule has 24 heavy (non-hydrogen) atoms. The Bertz CT molecular complexity index is 732. The molecule has 0 bridgehead atoms. The lowest BCUT2D eigenvalue weighted by atomic mass is 10.2. The summed E-state index contributed by atoms with van der Waals surface area (Å²) >= 11 is 5.87. The lowest BCUT2D eigenvalue weighted by Gasteiger charge is -2.22. The maximum Gasteiger partial charge on any atom is 0.261 e. The van der Waals surface area contributed by atoms with Gasteiger partial charge in [-0.25, -0.2) is 8.78 Å². The SMILES string of the molecule is O=C(COc1ccc(F)cc1F)N(Cc1ccc(Cl)cc1)C1CC1. The summed E-state index contributed by atoms with van der Waals surface area (Å²) in [5.74, 6) is -1.87. The second kappa shape index (κ2) is 7.18. The molecule has 0 saturated heterocycles. The van der Waals surface area contributed by atoms with Gasteiger partial charge >= 0.3 is 0 Å². The topological polar surface area (TPSA) is 29.5 Å². The van der Waals surface area contributed by atoms with Gasteiger partial charge in [0, 0.05) is 23.7 Å². The van der Waals surface area contributed by atoms with E-state index in [1.54, 1.807) is 17.0 Å². The summed E-state index contributed by atoms with van der Waals surface area (Å²) in [4.78, 5) is 14.2. The van der Waals surface area contributed by atoms with Gasteiger partial charge in [-0.2, -0.15) is 0 Å². The molecule has 3 rings (SSSR count). The van der Waals surface area contributed by atoms with Crippen molar-refractivity contribution in [3.8, 4) is 5.75 Å². The lowest BCUT2D eigenvalue weighted by Crippen LogP contribution is -2.36. The third-order valence-electron chi connectivity index (χ3n) is 3.82. The van der Waals surface area contributed by atoms with Gasteiger partial charge in [0.1, 0.15) is 5.82 Å². The molecule has 0 aromatic heterocycles. The fourth-order valence-electron chi connectivity index (χ4n) is 2.41. The number of benzene rings is 2. The quantitative estimate of drug-likeness (QED) is 0.781. The second-order valence-corrected chi connectivity index (χ2v) is 6.18. The van der Waals surface area contributed by atoms with E-state index in [9.17, 15) is 13.6 Å². The van der Waals surface area contributed by atoms with Crippen LogP contribution in [0.5, 0.6) is 5.75 Å². The van der Waals surface area contributed by atoms with Gasteiger partial charge in [-0.15, -0.1) is 0 Å². The molecule has 1 saturated carbocycles. The van der Waals surface area contributed by atoms with Crippen LogP contribution in [-0.4, -0.2) is 23.5 Å². The van der Waals surface area contributed by atoms with Gasteiger partial charge < -0.3 is 9.64 Å². The van der Waals surface area contributed by atoms with E-state index < -0.39 is 11.6 Å². The van der Waals surface area contributed by atoms with Gasteiger partial charge in [-0.1, -0.05) is 23.7 Å². The maximum absolute atomic E-state index is 13.6. The molecule has 0 unspecified atom stereocenters. The molecule has 3 nitrogen and oxygen atoms in total. The number of halogens is 3. The molecule has 126 valence electrons. The predicted octanol–water partition coefficient (Wildman–Crippen LogP) is 4.19. The Hall–Kier alpha value is -2.14. The van der Waals surface area contributed by atoms with E-state index in [4.69, 9.17) is 16.3 Å². The molecule has 2 aromatic rings. The molecule has 0 atom stereocenters. The average Bonchev–Trinajstić information content (AvgIpc) is 3.38. The molecule has 0 heterocycles. The highest BCUT2D eigenvalue weighted by atomic mass is 35.5. The molecular weight excluding hydrogens is 336 g/mol. The van der Waals surface area contributed by atoms with Gasteiger partial charge in [0.15, 0.2) is 18.2 Å². The summed E-state index contributed by atoms with van der Waals surface area (Å²) in [7, 11) is 0. The zero-order valence-corrected chi connectivity index (χ0v) is 13.6. The lowest BCUT2D eigenvalue weighted by molar-refractivity contribution is -0.134. The van der Waals surface area contributed by atoms with Crippen molar-refractivity contribution >= 4 is 17.5 Å². The fourth-order valence-corrected chi connectivity index (χ4v) is 2.53. The van der Waals surface area contributed by atoms with Crippen molar-refractivity contribution < 1.29 is 18.3 Å². The second-order valence-electron chi connectivity index (χ2n) is 5.74. The molecule has 2 aromatic carbocycles. The third kappa shape index (κ3) is 4.23. The number of hydrogen-bond donors (Lipinski definition) is 0. The number of carbonyl (C=O) groups excluding carboxylic acids is 1. The molecule has 1 fully saturated rings. The summed E-state index contributed by atoms with van der Waals surface area (Å²) in [5.41, 5.74) is 0.965. The summed E-state index contributed by atoms with van der Waals surface area (Å²) < 4.78 is 31.6. The molecule has 0 radical (unpaired) electrons. The van der Waals surface area contributed by atoms with E-state index in [1.807, 2.05) is 12.1 Å². The van der Waals surface area contributed by atoms with Crippen LogP contribution in [0.2, 0.25) is 5.02 Å². The Balaban J connectivity index is 1.63. The number of rotatable bonds is 6. The van der Waals surface area contributed by atoms with Crippen LogP contribution in [0.4, 0.5) is 8.78 Å². The van der Waals surface area contributed by atoms with Crippen LogP contribution in [0.25, 0.3) is 0 Å². The Kier molecular flexibility index (Phi) is 5.00. The van der Waals surface area contributed by atoms with Crippen LogP contribution in [0.3, 0.4) is 0 Å². The molecule has 0 aliphatic heterocycles. The van der Waals surface area contributed by atoms with Gasteiger partial charge in [0.25, 0.3) is 5.91 Å². The highest BCUT2D eigenvalue weighted by molar-refractivity contribution is 6.30. The minimum Gasteiger partial charge on any atom is -0.481 e. The number of nitrogens with zero attached hydrogens (tertiary/aromatic N) is 1. The Labute approximate surface area is 143 Å². The van der Waals surface area contributed by atoms with Gasteiger partial charge in [0.2, 0.25) is 0 Å². The molecule has 0 spiro atoms. The summed E-state index contributed by atoms with van der Waals surface area (Å²) in [6.07, 6.45) is 1.90. The van der Waals surface area contributed by atoms with Crippen LogP contribution in [0, 0.1) is 11.6 Å². The zero-order chi connectivity index (χ0) is 17.1. The van der Waals surface area contributed by atoms with E-state index in [0.29, 0.717) is 11.6 Å². The van der Waals surface area contributed by atoms with E-state index in [2.05, 4.69) is 0 Å². The smallest absolute Gasteiger partial charge is 0.261 e. The first-order valence-corrected chi connectivity index (χ1v) is 8.02. The van der Waals surface area contributed by atoms with E-state index >= 15 is 0 Å². The summed E-state index contributed by atoms with van der Waals surface area (Å²) in [6, 6.07) is 10.5. The largest absolute Gasteiger partial charge is 0.481 e. The highest BCUT2D eigenvalue weighted by Crippen LogP contribution is 2.29. The molecule has 6 heteroatoms. The molecule has 1 aliphatic carbocycles. The predicted molar refractivity (Wildman–Crippen MR) is 86.9 cm³/mol. The number of ether oxygens (including phenoxy) is 1. The van der Waals surface area contributed by atoms with Gasteiger partial charge in [-0.05, 0) is 42.7 Å². The van der Waals surface area contributed by atoms with Crippen LogP contribution >= 0.6 is 11.6 Å². The molecule has 0 N–H and O–H groups in total. The Morgan fingerprint density at radius 3 is 2.50 bits per heavy atom. The Morgan fingerprint density at radius 1 is 1.17 bits per heavy atom. The van der Waals surface area contributed by atoms with Crippen molar-refractivity contribution in [3.05, 3.63) is 64.7 Å². The molecular formula is C18H16ClF2NO2. The number of amides is 1. The Morgan fingerprint density at radius 2 is 1.88 bits per heavy atom. The first kappa shape index (κ1) is 16.7. The third-order valence-corrected chi connectivity index (χ3v) is 4.07. The van der Waals surface area contributed by atoms with E-state index in [1.165, 1.54) is 6.07 Å². The van der Waals surface area contributed by atoms with E-state index in [0.717, 1.165) is 30.5 Å². The minimum absolute atomic E-state index is 0.132. The maximum atomic E-state index is 13.6. The van der Waals surface area contributed by atoms with Crippen molar-refractivity contribution in [1.82, 2.24) is 4.90 Å². The van der Waals surface area contributed by atoms with Crippen LogP contribution in [0.1, 0.15) is 18.4 Å². The summed E-state index contributed by atoms with van der Waals surface area (Å²) in [5, 5.41) is 0.637. The molecule has 1 amide bonds. The van der Waals surface area contributed by atoms with Crippen molar-refractivity contribution in [2.45, 2.75) is 25.4 Å². The van der Waals surface area contributed by atoms with Crippen LogP contribution in [0.15, 0.2) is 42.5 Å². The number of hydrogen-bond acceptors (Lipinski definition) is 2. The van der Waals surface area contributed by atoms with Gasteiger partial charge in [-0.3, -0.25) is 4.79 Å². The van der Waals surface area contributed by atoms with Crippen LogP contribution in [-0.2, 0) is 11.3 Å². The van der Waals surface area contributed by atoms with Crippen molar-refractivity contribution in [2.75, 3.05) is 6.61 Å². The number of carbonyl (C=O) groups is 1. The summed E-state index contributed by atoms with van der Waals surface area (Å²) in [6.45, 7) is 0.169. The fraction of sp³-hybridized carbons (Fsp3) is 0.278. The minimum atomic E-state index is -0.821. The normalized spacial score (nSPS) is 13.6. The standard InChI is InChI=1S/C18H16ClF2NO2/c19-13-3-1-12(2-4-13)10-22(15-6-7-15)18(23)11-24-17-8-5-14(20)9-16(17)21/h1-5,8-9,15H,6-7,10-11H2. The zero-order valence-electron chi connectivity index (χ0n) is 12.8.